The van der Waals surface area contributed by atoms with E-state index in [1.54, 1.807) is 11.8 Å². The largest absolute Gasteiger partial charge is 0.493 e. The van der Waals surface area contributed by atoms with Gasteiger partial charge in [-0.15, -0.1) is 0 Å². The van der Waals surface area contributed by atoms with Crippen LogP contribution < -0.4 is 4.74 Å². The lowest BCUT2D eigenvalue weighted by Gasteiger charge is -2.42. The molecule has 0 aliphatic heterocycles. The molecule has 0 bridgehead atoms. The summed E-state index contributed by atoms with van der Waals surface area (Å²) in [7, 11) is 0. The molecule has 0 saturated carbocycles. The lowest BCUT2D eigenvalue weighted by atomic mass is 9.63. The topological polar surface area (TPSA) is 9.23 Å². The Bertz CT molecular complexity index is 843. The van der Waals surface area contributed by atoms with Crippen LogP contribution in [0.5, 0.6) is 5.75 Å². The van der Waals surface area contributed by atoms with Crippen molar-refractivity contribution in [3.05, 3.63) is 64.7 Å². The first-order valence-electron chi connectivity index (χ1n) is 10.3. The Kier molecular flexibility index (Phi) is 6.29. The second-order valence-corrected chi connectivity index (χ2v) is 10.3. The summed E-state index contributed by atoms with van der Waals surface area (Å²) in [5.41, 5.74) is 7.40. The predicted octanol–water partition coefficient (Wildman–Crippen LogP) is 7.34. The molecule has 1 nitrogen and oxygen atoms in total. The first kappa shape index (κ1) is 21.0. The molecule has 1 aliphatic rings. The third-order valence-electron chi connectivity index (χ3n) is 6.13. The minimum Gasteiger partial charge on any atom is -0.493 e. The fourth-order valence-corrected chi connectivity index (χ4v) is 4.32. The van der Waals surface area contributed by atoms with Gasteiger partial charge in [0.2, 0.25) is 0 Å². The van der Waals surface area contributed by atoms with Gasteiger partial charge in [-0.05, 0) is 76.8 Å². The molecule has 0 heterocycles. The summed E-state index contributed by atoms with van der Waals surface area (Å²) >= 11 is 1.80. The summed E-state index contributed by atoms with van der Waals surface area (Å²) in [6, 6.07) is 15.5. The lowest BCUT2D eigenvalue weighted by molar-refractivity contribution is 0.332. The molecule has 3 rings (SSSR count). The van der Waals surface area contributed by atoms with Crippen LogP contribution in [0.1, 0.15) is 69.7 Å². The molecule has 0 saturated heterocycles. The zero-order valence-corrected chi connectivity index (χ0v) is 19.1. The molecule has 0 radical (unpaired) electrons. The van der Waals surface area contributed by atoms with Crippen LogP contribution in [0, 0.1) is 0 Å². The number of hydrogen-bond acceptors (Lipinski definition) is 2. The van der Waals surface area contributed by atoms with Crippen molar-refractivity contribution in [2.24, 2.45) is 0 Å². The Balaban J connectivity index is 1.84. The van der Waals surface area contributed by atoms with Crippen LogP contribution in [0.15, 0.2) is 42.5 Å². The van der Waals surface area contributed by atoms with Crippen LogP contribution in [-0.2, 0) is 10.8 Å². The van der Waals surface area contributed by atoms with E-state index in [9.17, 15) is 0 Å². The van der Waals surface area contributed by atoms with Gasteiger partial charge in [-0.3, -0.25) is 0 Å². The highest BCUT2D eigenvalue weighted by Crippen LogP contribution is 2.46. The number of thioether (sulfide) groups is 1. The van der Waals surface area contributed by atoms with Crippen molar-refractivity contribution in [1.82, 2.24) is 0 Å². The van der Waals surface area contributed by atoms with E-state index in [4.69, 9.17) is 4.74 Å². The van der Waals surface area contributed by atoms with E-state index in [0.29, 0.717) is 0 Å². The summed E-state index contributed by atoms with van der Waals surface area (Å²) in [4.78, 5) is 0. The highest BCUT2D eigenvalue weighted by Gasteiger charge is 2.36. The number of hydrogen-bond donors (Lipinski definition) is 0. The van der Waals surface area contributed by atoms with Gasteiger partial charge >= 0.3 is 0 Å². The van der Waals surface area contributed by atoms with E-state index < -0.39 is 0 Å². The molecule has 0 atom stereocenters. The first-order valence-corrected chi connectivity index (χ1v) is 11.7. The van der Waals surface area contributed by atoms with E-state index in [-0.39, 0.29) is 10.8 Å². The number of fused-ring (bicyclic) bond motifs is 1. The average Bonchev–Trinajstić information content (AvgIpc) is 2.67. The van der Waals surface area contributed by atoms with E-state index in [0.717, 1.165) is 18.1 Å². The number of benzene rings is 2. The van der Waals surface area contributed by atoms with Crippen molar-refractivity contribution in [3.63, 3.8) is 0 Å². The highest BCUT2D eigenvalue weighted by atomic mass is 32.2. The van der Waals surface area contributed by atoms with Gasteiger partial charge in [-0.25, -0.2) is 0 Å². The summed E-state index contributed by atoms with van der Waals surface area (Å²) in [6.07, 6.45) is 6.88. The van der Waals surface area contributed by atoms with Crippen LogP contribution in [0.2, 0.25) is 0 Å². The molecule has 0 unspecified atom stereocenters. The van der Waals surface area contributed by atoms with Gasteiger partial charge in [0.1, 0.15) is 5.75 Å². The average molecular weight is 395 g/mol. The SMILES string of the molecule is CSCCOc1ccc(/C=C(\C)c2ccc3c(c2)C(C)(C)CCC3(C)C)cc1. The van der Waals surface area contributed by atoms with Gasteiger partial charge in [0.25, 0.3) is 0 Å². The number of allylic oxidation sites excluding steroid dienone is 1. The molecule has 2 heteroatoms. The third kappa shape index (κ3) is 4.66. The fourth-order valence-electron chi connectivity index (χ4n) is 4.07. The molecule has 0 amide bonds. The molecule has 28 heavy (non-hydrogen) atoms. The summed E-state index contributed by atoms with van der Waals surface area (Å²) in [5.74, 6) is 1.97. The second kappa shape index (κ2) is 8.37. The van der Waals surface area contributed by atoms with Crippen molar-refractivity contribution in [2.75, 3.05) is 18.6 Å². The Morgan fingerprint density at radius 3 is 2.25 bits per heavy atom. The second-order valence-electron chi connectivity index (χ2n) is 9.27. The Hall–Kier alpha value is -1.67. The standard InChI is InChI=1S/C26H34OS/c1-19(17-20-7-10-22(11-8-20)27-15-16-28-6)21-9-12-23-24(18-21)26(4,5)14-13-25(23,2)3/h7-12,17-18H,13-16H2,1-6H3/b19-17+. The van der Waals surface area contributed by atoms with Crippen molar-refractivity contribution < 1.29 is 4.74 Å². The van der Waals surface area contributed by atoms with Crippen molar-refractivity contribution in [1.29, 1.82) is 0 Å². The normalized spacial score (nSPS) is 17.9. The maximum absolute atomic E-state index is 5.75. The van der Waals surface area contributed by atoms with Crippen LogP contribution in [0.3, 0.4) is 0 Å². The van der Waals surface area contributed by atoms with Gasteiger partial charge in [0.05, 0.1) is 6.61 Å². The molecule has 2 aromatic carbocycles. The van der Waals surface area contributed by atoms with Gasteiger partial charge < -0.3 is 4.74 Å². The fraction of sp³-hybridized carbons (Fsp3) is 0.462. The summed E-state index contributed by atoms with van der Waals surface area (Å²) in [6.45, 7) is 12.5. The summed E-state index contributed by atoms with van der Waals surface area (Å²) in [5, 5.41) is 0. The summed E-state index contributed by atoms with van der Waals surface area (Å²) < 4.78 is 5.75. The van der Waals surface area contributed by atoms with Crippen LogP contribution in [-0.4, -0.2) is 18.6 Å². The maximum atomic E-state index is 5.75. The molecule has 1 aliphatic carbocycles. The minimum atomic E-state index is 0.247. The Morgan fingerprint density at radius 2 is 1.61 bits per heavy atom. The molecule has 0 aromatic heterocycles. The van der Waals surface area contributed by atoms with Crippen molar-refractivity contribution in [3.8, 4) is 5.75 Å². The Labute approximate surface area is 175 Å². The third-order valence-corrected chi connectivity index (χ3v) is 6.70. The molecular weight excluding hydrogens is 360 g/mol. The van der Waals surface area contributed by atoms with E-state index >= 15 is 0 Å². The van der Waals surface area contributed by atoms with Crippen LogP contribution in [0.25, 0.3) is 11.6 Å². The lowest BCUT2D eigenvalue weighted by Crippen LogP contribution is -2.33. The van der Waals surface area contributed by atoms with E-state index in [1.807, 2.05) is 0 Å². The molecule has 2 aromatic rings. The molecule has 0 fully saturated rings. The van der Waals surface area contributed by atoms with Gasteiger partial charge in [0.15, 0.2) is 0 Å². The zero-order valence-electron chi connectivity index (χ0n) is 18.3. The first-order chi connectivity index (χ1) is 13.2. The van der Waals surface area contributed by atoms with Crippen LogP contribution in [0.4, 0.5) is 0 Å². The monoisotopic (exact) mass is 394 g/mol. The van der Waals surface area contributed by atoms with E-state index in [2.05, 4.69) is 89.4 Å². The molecule has 0 N–H and O–H groups in total. The molecule has 150 valence electrons. The Morgan fingerprint density at radius 1 is 0.964 bits per heavy atom. The smallest absolute Gasteiger partial charge is 0.119 e. The molecule has 0 spiro atoms. The van der Waals surface area contributed by atoms with Gasteiger partial charge in [0, 0.05) is 5.75 Å². The zero-order chi connectivity index (χ0) is 20.4. The highest BCUT2D eigenvalue weighted by molar-refractivity contribution is 7.98. The van der Waals surface area contributed by atoms with Gasteiger partial charge in [-0.2, -0.15) is 11.8 Å². The predicted molar refractivity (Wildman–Crippen MR) is 126 cm³/mol. The minimum absolute atomic E-state index is 0.247. The van der Waals surface area contributed by atoms with Crippen molar-refractivity contribution in [2.45, 2.75) is 58.3 Å². The number of ether oxygens (including phenoxy) is 1. The maximum Gasteiger partial charge on any atom is 0.119 e. The molecular formula is C26H34OS. The van der Waals surface area contributed by atoms with E-state index in [1.165, 1.54) is 40.7 Å². The quantitative estimate of drug-likeness (QED) is 0.374. The van der Waals surface area contributed by atoms with Gasteiger partial charge in [-0.1, -0.05) is 64.1 Å². The number of rotatable bonds is 6. The van der Waals surface area contributed by atoms with Crippen molar-refractivity contribution >= 4 is 23.4 Å². The van der Waals surface area contributed by atoms with Crippen LogP contribution >= 0.6 is 11.8 Å².